The summed E-state index contributed by atoms with van der Waals surface area (Å²) in [7, 11) is 0. The minimum atomic E-state index is -0.484. The molecule has 6 heteroatoms. The number of amides is 2. The maximum atomic E-state index is 12.9. The van der Waals surface area contributed by atoms with Crippen LogP contribution in [-0.2, 0) is 20.4 Å². The fourth-order valence-electron chi connectivity index (χ4n) is 5.30. The second-order valence-electron chi connectivity index (χ2n) is 11.7. The van der Waals surface area contributed by atoms with E-state index in [-0.39, 0.29) is 11.3 Å². The summed E-state index contributed by atoms with van der Waals surface area (Å²) in [6.07, 6.45) is 8.70. The molecule has 220 valence electrons. The molecule has 0 atom stereocenters. The zero-order valence-corrected chi connectivity index (χ0v) is 26.8. The SMILES string of the molecule is CC.CCCN(C(=O)C(C)(C)c1ccc(Cl)cc1)C1CC1.CCCN(C(=O)C1(c2ccc(Cl)cc2)CC1)C1CC1. The van der Waals surface area contributed by atoms with Crippen LogP contribution in [0.2, 0.25) is 10.0 Å². The van der Waals surface area contributed by atoms with Crippen LogP contribution in [-0.4, -0.2) is 46.8 Å². The molecule has 0 N–H and O–H groups in total. The Morgan fingerprint density at radius 2 is 1.20 bits per heavy atom. The van der Waals surface area contributed by atoms with Crippen molar-refractivity contribution in [2.24, 2.45) is 0 Å². The lowest BCUT2D eigenvalue weighted by Gasteiger charge is -2.32. The topological polar surface area (TPSA) is 40.6 Å². The van der Waals surface area contributed by atoms with Crippen molar-refractivity contribution < 1.29 is 9.59 Å². The molecule has 2 aromatic carbocycles. The Morgan fingerprint density at radius 1 is 0.775 bits per heavy atom. The number of carbonyl (C=O) groups is 2. The van der Waals surface area contributed by atoms with E-state index in [1.165, 1.54) is 12.8 Å². The lowest BCUT2D eigenvalue weighted by atomic mass is 9.83. The first-order chi connectivity index (χ1) is 19.1. The summed E-state index contributed by atoms with van der Waals surface area (Å²) in [5, 5.41) is 1.44. The third kappa shape index (κ3) is 7.82. The molecule has 0 saturated heterocycles. The number of hydrogen-bond acceptors (Lipinski definition) is 2. The Bertz CT molecular complexity index is 1020. The van der Waals surface area contributed by atoms with E-state index in [0.717, 1.165) is 67.8 Å². The smallest absolute Gasteiger partial charge is 0.233 e. The van der Waals surface area contributed by atoms with Crippen molar-refractivity contribution in [1.29, 1.82) is 0 Å². The van der Waals surface area contributed by atoms with Crippen LogP contribution in [0.5, 0.6) is 0 Å². The van der Waals surface area contributed by atoms with Crippen LogP contribution in [0.15, 0.2) is 48.5 Å². The van der Waals surface area contributed by atoms with E-state index in [4.69, 9.17) is 23.2 Å². The summed E-state index contributed by atoms with van der Waals surface area (Å²) < 4.78 is 0. The van der Waals surface area contributed by atoms with Crippen molar-refractivity contribution in [2.75, 3.05) is 13.1 Å². The quantitative estimate of drug-likeness (QED) is 0.279. The van der Waals surface area contributed by atoms with Gasteiger partial charge in [-0.1, -0.05) is 75.2 Å². The van der Waals surface area contributed by atoms with Gasteiger partial charge in [0.15, 0.2) is 0 Å². The highest BCUT2D eigenvalue weighted by molar-refractivity contribution is 6.30. The van der Waals surface area contributed by atoms with Gasteiger partial charge in [0.1, 0.15) is 0 Å². The van der Waals surface area contributed by atoms with E-state index >= 15 is 0 Å². The molecule has 3 fully saturated rings. The molecule has 4 nitrogen and oxygen atoms in total. The predicted octanol–water partition coefficient (Wildman–Crippen LogP) is 8.82. The van der Waals surface area contributed by atoms with Gasteiger partial charge in [-0.3, -0.25) is 9.59 Å². The molecule has 2 amide bonds. The first kappa shape index (κ1) is 32.5. The van der Waals surface area contributed by atoms with Gasteiger partial charge < -0.3 is 9.80 Å². The lowest BCUT2D eigenvalue weighted by molar-refractivity contribution is -0.137. The summed E-state index contributed by atoms with van der Waals surface area (Å²) in [5.41, 5.74) is 1.46. The number of rotatable bonds is 10. The Hall–Kier alpha value is -2.04. The van der Waals surface area contributed by atoms with Crippen molar-refractivity contribution >= 4 is 35.0 Å². The molecule has 40 heavy (non-hydrogen) atoms. The Balaban J connectivity index is 0.000000208. The number of hydrogen-bond donors (Lipinski definition) is 0. The van der Waals surface area contributed by atoms with Crippen molar-refractivity contribution in [2.45, 2.75) is 116 Å². The van der Waals surface area contributed by atoms with Gasteiger partial charge in [0.2, 0.25) is 11.8 Å². The first-order valence-corrected chi connectivity index (χ1v) is 16.0. The number of halogens is 2. The molecule has 0 unspecified atom stereocenters. The molecule has 0 aliphatic heterocycles. The monoisotopic (exact) mass is 586 g/mol. The van der Waals surface area contributed by atoms with Gasteiger partial charge in [-0.25, -0.2) is 0 Å². The molecule has 5 rings (SSSR count). The van der Waals surface area contributed by atoms with Crippen LogP contribution < -0.4 is 0 Å². The molecule has 0 bridgehead atoms. The minimum Gasteiger partial charge on any atom is -0.339 e. The molecule has 0 spiro atoms. The highest BCUT2D eigenvalue weighted by Gasteiger charge is 2.54. The van der Waals surface area contributed by atoms with Gasteiger partial charge >= 0.3 is 0 Å². The molecule has 3 aliphatic carbocycles. The third-order valence-electron chi connectivity index (χ3n) is 8.08. The number of carbonyl (C=O) groups excluding carboxylic acids is 2. The third-order valence-corrected chi connectivity index (χ3v) is 8.59. The second kappa shape index (κ2) is 14.2. The van der Waals surface area contributed by atoms with Gasteiger partial charge in [-0.15, -0.1) is 0 Å². The van der Waals surface area contributed by atoms with E-state index in [1.54, 1.807) is 0 Å². The van der Waals surface area contributed by atoms with Crippen LogP contribution >= 0.6 is 23.2 Å². The second-order valence-corrected chi connectivity index (χ2v) is 12.6. The van der Waals surface area contributed by atoms with E-state index < -0.39 is 5.41 Å². The molecular formula is C34H48Cl2N2O2. The van der Waals surface area contributed by atoms with Gasteiger partial charge in [0, 0.05) is 35.2 Å². The molecule has 0 heterocycles. The van der Waals surface area contributed by atoms with Crippen molar-refractivity contribution in [1.82, 2.24) is 9.80 Å². The van der Waals surface area contributed by atoms with Gasteiger partial charge in [0.05, 0.1) is 10.8 Å². The summed E-state index contributed by atoms with van der Waals surface area (Å²) in [6.45, 7) is 14.0. The first-order valence-electron chi connectivity index (χ1n) is 15.3. The van der Waals surface area contributed by atoms with Crippen molar-refractivity contribution in [3.05, 3.63) is 69.7 Å². The molecule has 3 saturated carbocycles. The molecule has 2 aromatic rings. The summed E-state index contributed by atoms with van der Waals surface area (Å²) in [5.74, 6) is 0.582. The van der Waals surface area contributed by atoms with Crippen LogP contribution in [0.4, 0.5) is 0 Å². The van der Waals surface area contributed by atoms with Crippen LogP contribution in [0.3, 0.4) is 0 Å². The molecule has 0 aromatic heterocycles. The van der Waals surface area contributed by atoms with E-state index in [1.807, 2.05) is 76.2 Å². The standard InChI is InChI=1S/C16H20ClNO.C16H22ClNO.C2H6/c1-2-11-18(14-7-8-14)15(19)16(9-10-16)12-3-5-13(17)6-4-12;1-4-11-18(14-9-10-14)15(19)16(2,3)12-5-7-13(17)8-6-12;1-2/h3-6,14H,2,7-11H2,1H3;5-8,14H,4,9-11H2,1-3H3;1-2H3. The summed E-state index contributed by atoms with van der Waals surface area (Å²) in [6, 6.07) is 16.4. The normalized spacial score (nSPS) is 17.0. The number of nitrogens with zero attached hydrogens (tertiary/aromatic N) is 2. The molecular weight excluding hydrogens is 539 g/mol. The molecule has 0 radical (unpaired) electrons. The van der Waals surface area contributed by atoms with Gasteiger partial charge in [0.25, 0.3) is 0 Å². The van der Waals surface area contributed by atoms with E-state index in [0.29, 0.717) is 23.0 Å². The van der Waals surface area contributed by atoms with Crippen LogP contribution in [0.25, 0.3) is 0 Å². The highest BCUT2D eigenvalue weighted by Crippen LogP contribution is 2.51. The fourth-order valence-corrected chi connectivity index (χ4v) is 5.55. The van der Waals surface area contributed by atoms with Gasteiger partial charge in [-0.05, 0) is 101 Å². The average molecular weight is 588 g/mol. The maximum Gasteiger partial charge on any atom is 0.233 e. The largest absolute Gasteiger partial charge is 0.339 e. The average Bonchev–Trinajstić information content (AvgIpc) is 3.80. The predicted molar refractivity (Wildman–Crippen MR) is 168 cm³/mol. The van der Waals surface area contributed by atoms with Crippen LogP contribution in [0.1, 0.15) is 104 Å². The summed E-state index contributed by atoms with van der Waals surface area (Å²) in [4.78, 5) is 29.9. The van der Waals surface area contributed by atoms with E-state index in [2.05, 4.69) is 23.6 Å². The zero-order chi connectivity index (χ0) is 29.5. The van der Waals surface area contributed by atoms with Crippen molar-refractivity contribution in [3.8, 4) is 0 Å². The van der Waals surface area contributed by atoms with Crippen LogP contribution in [0, 0.1) is 0 Å². The summed E-state index contributed by atoms with van der Waals surface area (Å²) >= 11 is 11.9. The Morgan fingerprint density at radius 3 is 1.62 bits per heavy atom. The lowest BCUT2D eigenvalue weighted by Crippen LogP contribution is -2.45. The number of benzene rings is 2. The van der Waals surface area contributed by atoms with Crippen molar-refractivity contribution in [3.63, 3.8) is 0 Å². The fraction of sp³-hybridized carbons (Fsp3) is 0.588. The Labute approximate surface area is 252 Å². The van der Waals surface area contributed by atoms with Gasteiger partial charge in [-0.2, -0.15) is 0 Å². The highest BCUT2D eigenvalue weighted by atomic mass is 35.5. The van der Waals surface area contributed by atoms with E-state index in [9.17, 15) is 9.59 Å². The maximum absolute atomic E-state index is 12.9. The minimum absolute atomic E-state index is 0.234. The molecule has 3 aliphatic rings. The zero-order valence-electron chi connectivity index (χ0n) is 25.3. The Kier molecular flexibility index (Phi) is 11.6.